The van der Waals surface area contributed by atoms with Gasteiger partial charge in [0.25, 0.3) is 0 Å². The van der Waals surface area contributed by atoms with Gasteiger partial charge in [0.2, 0.25) is 5.91 Å². The fourth-order valence-corrected chi connectivity index (χ4v) is 1.53. The molecule has 0 spiro atoms. The van der Waals surface area contributed by atoms with Crippen LogP contribution in [-0.4, -0.2) is 12.5 Å². The summed E-state index contributed by atoms with van der Waals surface area (Å²) in [7, 11) is 0. The first-order chi connectivity index (χ1) is 9.02. The molecule has 0 atom stereocenters. The lowest BCUT2D eigenvalue weighted by Crippen LogP contribution is -2.22. The van der Waals surface area contributed by atoms with Gasteiger partial charge in [-0.25, -0.2) is 0 Å². The van der Waals surface area contributed by atoms with Gasteiger partial charge < -0.3 is 10.1 Å². The molecule has 0 aromatic heterocycles. The topological polar surface area (TPSA) is 62.1 Å². The van der Waals surface area contributed by atoms with Crippen LogP contribution in [0.3, 0.4) is 0 Å². The third-order valence-corrected chi connectivity index (χ3v) is 2.51. The van der Waals surface area contributed by atoms with E-state index in [-0.39, 0.29) is 12.3 Å². The Morgan fingerprint density at radius 1 is 1.47 bits per heavy atom. The Morgan fingerprint density at radius 2 is 2.21 bits per heavy atom. The summed E-state index contributed by atoms with van der Waals surface area (Å²) in [4.78, 5) is 11.3. The second kappa shape index (κ2) is 7.42. The predicted molar refractivity (Wildman–Crippen MR) is 73.6 cm³/mol. The quantitative estimate of drug-likeness (QED) is 0.855. The van der Waals surface area contributed by atoms with E-state index in [0.717, 1.165) is 16.9 Å². The van der Waals surface area contributed by atoms with E-state index in [1.54, 1.807) is 0 Å². The van der Waals surface area contributed by atoms with Crippen LogP contribution in [0.15, 0.2) is 18.2 Å². The van der Waals surface area contributed by atoms with E-state index in [1.807, 2.05) is 31.2 Å². The minimum Gasteiger partial charge on any atom is -0.493 e. The molecule has 102 valence electrons. The lowest BCUT2D eigenvalue weighted by atomic mass is 10.1. The minimum absolute atomic E-state index is 0.117. The second-order valence-electron chi connectivity index (χ2n) is 4.93. The normalized spacial score (nSPS) is 10.1. The molecule has 4 heteroatoms. The van der Waals surface area contributed by atoms with E-state index >= 15 is 0 Å². The number of nitrogens with zero attached hydrogens (tertiary/aromatic N) is 1. The van der Waals surface area contributed by atoms with Crippen molar-refractivity contribution in [2.45, 2.75) is 33.7 Å². The predicted octanol–water partition coefficient (Wildman–Crippen LogP) is 2.56. The van der Waals surface area contributed by atoms with Crippen molar-refractivity contribution in [3.05, 3.63) is 29.3 Å². The van der Waals surface area contributed by atoms with Crippen LogP contribution in [0.5, 0.6) is 5.75 Å². The molecule has 1 N–H and O–H groups in total. The summed E-state index contributed by atoms with van der Waals surface area (Å²) >= 11 is 0. The van der Waals surface area contributed by atoms with Gasteiger partial charge in [-0.1, -0.05) is 26.0 Å². The van der Waals surface area contributed by atoms with E-state index in [2.05, 4.69) is 19.2 Å². The molecule has 1 aromatic carbocycles. The highest BCUT2D eigenvalue weighted by Crippen LogP contribution is 2.21. The average molecular weight is 260 g/mol. The van der Waals surface area contributed by atoms with Crippen LogP contribution in [0.25, 0.3) is 0 Å². The average Bonchev–Trinajstić information content (AvgIpc) is 2.35. The van der Waals surface area contributed by atoms with Crippen LogP contribution >= 0.6 is 0 Å². The number of amides is 1. The molecule has 0 bridgehead atoms. The van der Waals surface area contributed by atoms with Crippen molar-refractivity contribution in [2.24, 2.45) is 5.92 Å². The van der Waals surface area contributed by atoms with Gasteiger partial charge >= 0.3 is 0 Å². The van der Waals surface area contributed by atoms with Crippen molar-refractivity contribution in [2.75, 3.05) is 6.61 Å². The first-order valence-corrected chi connectivity index (χ1v) is 6.39. The first-order valence-electron chi connectivity index (χ1n) is 6.39. The lowest BCUT2D eigenvalue weighted by Gasteiger charge is -2.14. The number of aryl methyl sites for hydroxylation is 1. The van der Waals surface area contributed by atoms with Crippen molar-refractivity contribution in [3.8, 4) is 11.8 Å². The minimum atomic E-state index is -0.266. The van der Waals surface area contributed by atoms with Gasteiger partial charge in [-0.2, -0.15) is 5.26 Å². The van der Waals surface area contributed by atoms with Gasteiger partial charge in [0.05, 0.1) is 12.7 Å². The molecule has 19 heavy (non-hydrogen) atoms. The van der Waals surface area contributed by atoms with Crippen LogP contribution in [0.4, 0.5) is 0 Å². The van der Waals surface area contributed by atoms with Crippen LogP contribution in [0.2, 0.25) is 0 Å². The number of hydrogen-bond acceptors (Lipinski definition) is 3. The SMILES string of the molecule is Cc1ccc(CNC(=O)CC#N)c(OCC(C)C)c1. The Balaban J connectivity index is 2.70. The monoisotopic (exact) mass is 260 g/mol. The maximum atomic E-state index is 11.3. The van der Waals surface area contributed by atoms with Crippen molar-refractivity contribution >= 4 is 5.91 Å². The molecule has 1 amide bonds. The van der Waals surface area contributed by atoms with E-state index in [1.165, 1.54) is 0 Å². The van der Waals surface area contributed by atoms with E-state index in [9.17, 15) is 4.79 Å². The van der Waals surface area contributed by atoms with Crippen LogP contribution in [0.1, 0.15) is 31.4 Å². The molecule has 4 nitrogen and oxygen atoms in total. The number of nitrogens with one attached hydrogen (secondary N) is 1. The van der Waals surface area contributed by atoms with Crippen LogP contribution in [-0.2, 0) is 11.3 Å². The second-order valence-corrected chi connectivity index (χ2v) is 4.93. The molecule has 0 aliphatic carbocycles. The zero-order valence-electron chi connectivity index (χ0n) is 11.7. The number of benzene rings is 1. The summed E-state index contributed by atoms with van der Waals surface area (Å²) in [5.41, 5.74) is 2.04. The molecule has 0 saturated heterocycles. The maximum absolute atomic E-state index is 11.3. The highest BCUT2D eigenvalue weighted by atomic mass is 16.5. The maximum Gasteiger partial charge on any atom is 0.234 e. The molecular weight excluding hydrogens is 240 g/mol. The van der Waals surface area contributed by atoms with Gasteiger partial charge in [-0.15, -0.1) is 0 Å². The molecule has 0 heterocycles. The summed E-state index contributed by atoms with van der Waals surface area (Å²) < 4.78 is 5.76. The van der Waals surface area contributed by atoms with E-state index < -0.39 is 0 Å². The molecule has 0 unspecified atom stereocenters. The Bertz CT molecular complexity index is 476. The van der Waals surface area contributed by atoms with Crippen LogP contribution in [0, 0.1) is 24.2 Å². The summed E-state index contributed by atoms with van der Waals surface area (Å²) in [6, 6.07) is 7.71. The highest BCUT2D eigenvalue weighted by Gasteiger charge is 2.07. The van der Waals surface area contributed by atoms with Crippen molar-refractivity contribution in [3.63, 3.8) is 0 Å². The van der Waals surface area contributed by atoms with Gasteiger partial charge in [-0.3, -0.25) is 4.79 Å². The highest BCUT2D eigenvalue weighted by molar-refractivity contribution is 5.78. The zero-order valence-corrected chi connectivity index (χ0v) is 11.7. The standard InChI is InChI=1S/C15H20N2O2/c1-11(2)10-19-14-8-12(3)4-5-13(14)9-17-15(18)6-7-16/h4-5,8,11H,6,9-10H2,1-3H3,(H,17,18). The zero-order chi connectivity index (χ0) is 14.3. The number of nitriles is 1. The van der Waals surface area contributed by atoms with E-state index in [4.69, 9.17) is 10.00 Å². The number of hydrogen-bond donors (Lipinski definition) is 1. The van der Waals surface area contributed by atoms with Gasteiger partial charge in [-0.05, 0) is 24.5 Å². The molecule has 1 rings (SSSR count). The molecule has 0 saturated carbocycles. The lowest BCUT2D eigenvalue weighted by molar-refractivity contribution is -0.120. The Labute approximate surface area is 114 Å². The number of rotatable bonds is 6. The fourth-order valence-electron chi connectivity index (χ4n) is 1.53. The molecule has 1 aromatic rings. The Kier molecular flexibility index (Phi) is 5.87. The number of ether oxygens (including phenoxy) is 1. The molecule has 0 radical (unpaired) electrons. The fraction of sp³-hybridized carbons (Fsp3) is 0.467. The number of carbonyl (C=O) groups excluding carboxylic acids is 1. The summed E-state index contributed by atoms with van der Waals surface area (Å²) in [5, 5.41) is 11.1. The van der Waals surface area contributed by atoms with Gasteiger partial charge in [0, 0.05) is 12.1 Å². The van der Waals surface area contributed by atoms with Crippen molar-refractivity contribution in [1.82, 2.24) is 5.32 Å². The third kappa shape index (κ3) is 5.43. The van der Waals surface area contributed by atoms with Crippen molar-refractivity contribution < 1.29 is 9.53 Å². The van der Waals surface area contributed by atoms with Crippen molar-refractivity contribution in [1.29, 1.82) is 5.26 Å². The third-order valence-electron chi connectivity index (χ3n) is 2.51. The molecular formula is C15H20N2O2. The first kappa shape index (κ1) is 15.0. The molecule has 0 aliphatic rings. The summed E-state index contributed by atoms with van der Waals surface area (Å²) in [5.74, 6) is 0.977. The van der Waals surface area contributed by atoms with Gasteiger partial charge in [0.15, 0.2) is 0 Å². The molecule has 0 fully saturated rings. The summed E-state index contributed by atoms with van der Waals surface area (Å²) in [6.45, 7) is 7.20. The summed E-state index contributed by atoms with van der Waals surface area (Å²) in [6.07, 6.45) is -0.117. The van der Waals surface area contributed by atoms with Crippen LogP contribution < -0.4 is 10.1 Å². The van der Waals surface area contributed by atoms with E-state index in [0.29, 0.717) is 19.1 Å². The number of carbonyl (C=O) groups is 1. The Hall–Kier alpha value is -2.02. The van der Waals surface area contributed by atoms with Gasteiger partial charge in [0.1, 0.15) is 12.2 Å². The smallest absolute Gasteiger partial charge is 0.234 e. The molecule has 0 aliphatic heterocycles. The largest absolute Gasteiger partial charge is 0.493 e. The Morgan fingerprint density at radius 3 is 2.84 bits per heavy atom.